The first-order chi connectivity index (χ1) is 9.06. The molecule has 0 aliphatic carbocycles. The molecule has 0 aromatic carbocycles. The van der Waals surface area contributed by atoms with Crippen molar-refractivity contribution in [2.75, 3.05) is 32.8 Å². The highest BCUT2D eigenvalue weighted by Gasteiger charge is 2.28. The van der Waals surface area contributed by atoms with Crippen LogP contribution in [0.25, 0.3) is 0 Å². The molecule has 0 aromatic rings. The molecule has 3 nitrogen and oxygen atoms in total. The molecule has 1 heterocycles. The SMILES string of the molecule is CCCCCCC(C)NCC(C)(C)N1CCOCC1. The molecule has 0 bridgehead atoms. The lowest BCUT2D eigenvalue weighted by Gasteiger charge is -2.41. The van der Waals surface area contributed by atoms with Crippen LogP contribution in [0.5, 0.6) is 0 Å². The standard InChI is InChI=1S/C16H34N2O/c1-5-6-7-8-9-15(2)17-14-16(3,4)18-10-12-19-13-11-18/h15,17H,5-14H2,1-4H3. The van der Waals surface area contributed by atoms with Crippen molar-refractivity contribution in [2.45, 2.75) is 71.4 Å². The molecule has 0 aromatic heterocycles. The van der Waals surface area contributed by atoms with E-state index in [-0.39, 0.29) is 5.54 Å². The molecule has 0 amide bonds. The summed E-state index contributed by atoms with van der Waals surface area (Å²) in [6, 6.07) is 0.636. The predicted molar refractivity (Wildman–Crippen MR) is 82.7 cm³/mol. The van der Waals surface area contributed by atoms with E-state index in [0.717, 1.165) is 32.8 Å². The van der Waals surface area contributed by atoms with Crippen LogP contribution >= 0.6 is 0 Å². The van der Waals surface area contributed by atoms with Crippen LogP contribution in [-0.4, -0.2) is 49.3 Å². The van der Waals surface area contributed by atoms with Gasteiger partial charge in [0.2, 0.25) is 0 Å². The minimum atomic E-state index is 0.238. The van der Waals surface area contributed by atoms with E-state index in [4.69, 9.17) is 4.74 Å². The summed E-state index contributed by atoms with van der Waals surface area (Å²) in [7, 11) is 0. The van der Waals surface area contributed by atoms with Gasteiger partial charge in [0.25, 0.3) is 0 Å². The molecular weight excluding hydrogens is 236 g/mol. The molecule has 1 aliphatic rings. The first kappa shape index (κ1) is 16.9. The quantitative estimate of drug-likeness (QED) is 0.652. The monoisotopic (exact) mass is 270 g/mol. The second-order valence-corrected chi connectivity index (χ2v) is 6.54. The summed E-state index contributed by atoms with van der Waals surface area (Å²) in [4.78, 5) is 2.55. The molecule has 3 heteroatoms. The van der Waals surface area contributed by atoms with E-state index in [1.165, 1.54) is 32.1 Å². The van der Waals surface area contributed by atoms with Crippen molar-refractivity contribution in [3.05, 3.63) is 0 Å². The Hall–Kier alpha value is -0.120. The fourth-order valence-electron chi connectivity index (χ4n) is 2.68. The second kappa shape index (κ2) is 8.93. The van der Waals surface area contributed by atoms with Gasteiger partial charge in [0.15, 0.2) is 0 Å². The third-order valence-electron chi connectivity index (χ3n) is 4.24. The highest BCUT2D eigenvalue weighted by molar-refractivity contribution is 4.86. The van der Waals surface area contributed by atoms with E-state index < -0.39 is 0 Å². The van der Waals surface area contributed by atoms with Crippen LogP contribution in [0.1, 0.15) is 59.8 Å². The lowest BCUT2D eigenvalue weighted by molar-refractivity contribution is -0.0103. The van der Waals surface area contributed by atoms with Gasteiger partial charge in [0.05, 0.1) is 13.2 Å². The summed E-state index contributed by atoms with van der Waals surface area (Å²) in [6.07, 6.45) is 6.76. The van der Waals surface area contributed by atoms with Crippen molar-refractivity contribution in [2.24, 2.45) is 0 Å². The first-order valence-corrected chi connectivity index (χ1v) is 8.12. The summed E-state index contributed by atoms with van der Waals surface area (Å²) in [5.41, 5.74) is 0.238. The van der Waals surface area contributed by atoms with Gasteiger partial charge in [-0.25, -0.2) is 0 Å². The summed E-state index contributed by atoms with van der Waals surface area (Å²) in [6.45, 7) is 14.3. The zero-order chi connectivity index (χ0) is 14.1. The van der Waals surface area contributed by atoms with E-state index >= 15 is 0 Å². The van der Waals surface area contributed by atoms with Gasteiger partial charge < -0.3 is 10.1 Å². The minimum absolute atomic E-state index is 0.238. The van der Waals surface area contributed by atoms with Crippen LogP contribution in [0.4, 0.5) is 0 Å². The third kappa shape index (κ3) is 6.73. The largest absolute Gasteiger partial charge is 0.379 e. The lowest BCUT2D eigenvalue weighted by Crippen LogP contribution is -2.55. The van der Waals surface area contributed by atoms with E-state index in [2.05, 4.69) is 37.9 Å². The molecule has 19 heavy (non-hydrogen) atoms. The van der Waals surface area contributed by atoms with E-state index in [9.17, 15) is 0 Å². The van der Waals surface area contributed by atoms with Crippen molar-refractivity contribution in [3.63, 3.8) is 0 Å². The van der Waals surface area contributed by atoms with Gasteiger partial charge in [0.1, 0.15) is 0 Å². The van der Waals surface area contributed by atoms with Gasteiger partial charge in [-0.2, -0.15) is 0 Å². The van der Waals surface area contributed by atoms with Crippen LogP contribution in [0.3, 0.4) is 0 Å². The molecule has 1 saturated heterocycles. The molecule has 1 rings (SSSR count). The van der Waals surface area contributed by atoms with Crippen LogP contribution in [-0.2, 0) is 4.74 Å². The van der Waals surface area contributed by atoms with Crippen LogP contribution in [0.2, 0.25) is 0 Å². The molecule has 1 N–H and O–H groups in total. The molecule has 0 radical (unpaired) electrons. The fraction of sp³-hybridized carbons (Fsp3) is 1.00. The van der Waals surface area contributed by atoms with E-state index in [1.807, 2.05) is 0 Å². The molecular formula is C16H34N2O. The molecule has 1 atom stereocenters. The number of nitrogens with one attached hydrogen (secondary N) is 1. The minimum Gasteiger partial charge on any atom is -0.379 e. The molecule has 1 unspecified atom stereocenters. The number of ether oxygens (including phenoxy) is 1. The molecule has 0 spiro atoms. The summed E-state index contributed by atoms with van der Waals surface area (Å²) < 4.78 is 5.43. The van der Waals surface area contributed by atoms with Crippen LogP contribution in [0.15, 0.2) is 0 Å². The van der Waals surface area contributed by atoms with Gasteiger partial charge in [-0.3, -0.25) is 4.90 Å². The van der Waals surface area contributed by atoms with Gasteiger partial charge >= 0.3 is 0 Å². The average Bonchev–Trinajstić information content (AvgIpc) is 2.42. The Labute approximate surface area is 120 Å². The van der Waals surface area contributed by atoms with Crippen LogP contribution < -0.4 is 5.32 Å². The van der Waals surface area contributed by atoms with Crippen molar-refractivity contribution in [1.82, 2.24) is 10.2 Å². The summed E-state index contributed by atoms with van der Waals surface area (Å²) >= 11 is 0. The maximum Gasteiger partial charge on any atom is 0.0594 e. The Bertz CT molecular complexity index is 225. The zero-order valence-corrected chi connectivity index (χ0v) is 13.5. The first-order valence-electron chi connectivity index (χ1n) is 8.12. The Kier molecular flexibility index (Phi) is 7.96. The fourth-order valence-corrected chi connectivity index (χ4v) is 2.68. The number of morpholine rings is 1. The topological polar surface area (TPSA) is 24.5 Å². The molecule has 0 saturated carbocycles. The highest BCUT2D eigenvalue weighted by atomic mass is 16.5. The van der Waals surface area contributed by atoms with Crippen molar-refractivity contribution in [3.8, 4) is 0 Å². The third-order valence-corrected chi connectivity index (χ3v) is 4.24. The van der Waals surface area contributed by atoms with Crippen molar-refractivity contribution in [1.29, 1.82) is 0 Å². The Morgan fingerprint density at radius 3 is 2.47 bits per heavy atom. The predicted octanol–water partition coefficient (Wildman–Crippen LogP) is 3.05. The summed E-state index contributed by atoms with van der Waals surface area (Å²) in [5, 5.41) is 3.71. The second-order valence-electron chi connectivity index (χ2n) is 6.54. The number of nitrogens with zero attached hydrogens (tertiary/aromatic N) is 1. The van der Waals surface area contributed by atoms with Gasteiger partial charge in [0, 0.05) is 31.2 Å². The summed E-state index contributed by atoms with van der Waals surface area (Å²) in [5.74, 6) is 0. The Morgan fingerprint density at radius 1 is 1.16 bits per heavy atom. The number of rotatable bonds is 9. The molecule has 1 fully saturated rings. The smallest absolute Gasteiger partial charge is 0.0594 e. The Balaban J connectivity index is 2.17. The maximum atomic E-state index is 5.43. The Morgan fingerprint density at radius 2 is 1.84 bits per heavy atom. The van der Waals surface area contributed by atoms with Crippen molar-refractivity contribution >= 4 is 0 Å². The maximum absolute atomic E-state index is 5.43. The van der Waals surface area contributed by atoms with Crippen LogP contribution in [0, 0.1) is 0 Å². The number of unbranched alkanes of at least 4 members (excludes halogenated alkanes) is 3. The van der Waals surface area contributed by atoms with Gasteiger partial charge in [-0.05, 0) is 27.2 Å². The van der Waals surface area contributed by atoms with E-state index in [1.54, 1.807) is 0 Å². The van der Waals surface area contributed by atoms with Crippen molar-refractivity contribution < 1.29 is 4.74 Å². The molecule has 1 aliphatic heterocycles. The normalized spacial score (nSPS) is 19.6. The highest BCUT2D eigenvalue weighted by Crippen LogP contribution is 2.16. The average molecular weight is 270 g/mol. The number of hydrogen-bond donors (Lipinski definition) is 1. The molecule has 114 valence electrons. The lowest BCUT2D eigenvalue weighted by atomic mass is 10.0. The zero-order valence-electron chi connectivity index (χ0n) is 13.5. The number of hydrogen-bond acceptors (Lipinski definition) is 3. The van der Waals surface area contributed by atoms with Gasteiger partial charge in [-0.15, -0.1) is 0 Å². The van der Waals surface area contributed by atoms with E-state index in [0.29, 0.717) is 6.04 Å². The van der Waals surface area contributed by atoms with Gasteiger partial charge in [-0.1, -0.05) is 32.6 Å².